The van der Waals surface area contributed by atoms with Crippen molar-refractivity contribution < 1.29 is 0 Å². The van der Waals surface area contributed by atoms with Crippen LogP contribution in [0.5, 0.6) is 0 Å². The van der Waals surface area contributed by atoms with Crippen LogP contribution in [0.4, 0.5) is 0 Å². The van der Waals surface area contributed by atoms with Gasteiger partial charge in [-0.15, -0.1) is 11.6 Å². The first-order chi connectivity index (χ1) is 7.18. The molecule has 1 heterocycles. The molecular weight excluding hydrogens is 210 g/mol. The summed E-state index contributed by atoms with van der Waals surface area (Å²) in [5, 5.41) is 7.70. The van der Waals surface area contributed by atoms with E-state index >= 15 is 0 Å². The molecule has 15 heavy (non-hydrogen) atoms. The third-order valence-electron chi connectivity index (χ3n) is 2.17. The molecular formula is C11H20ClN3. The van der Waals surface area contributed by atoms with Crippen molar-refractivity contribution in [2.24, 2.45) is 5.92 Å². The second kappa shape index (κ2) is 6.85. The van der Waals surface area contributed by atoms with E-state index in [9.17, 15) is 0 Å². The molecule has 0 saturated carbocycles. The fourth-order valence-electron chi connectivity index (χ4n) is 1.48. The summed E-state index contributed by atoms with van der Waals surface area (Å²) in [5.41, 5.74) is 0. The summed E-state index contributed by atoms with van der Waals surface area (Å²) < 4.78 is 1.92. The Labute approximate surface area is 96.8 Å². The van der Waals surface area contributed by atoms with Gasteiger partial charge in [0.05, 0.1) is 6.54 Å². The van der Waals surface area contributed by atoms with Gasteiger partial charge >= 0.3 is 0 Å². The van der Waals surface area contributed by atoms with Crippen molar-refractivity contribution in [1.82, 2.24) is 15.1 Å². The van der Waals surface area contributed by atoms with E-state index in [1.165, 1.54) is 0 Å². The van der Waals surface area contributed by atoms with Gasteiger partial charge in [0.2, 0.25) is 0 Å². The summed E-state index contributed by atoms with van der Waals surface area (Å²) in [6.07, 6.45) is 4.83. The SMILES string of the molecule is CC(C)CC(Cl)CNCCn1cccn1. The standard InChI is InChI=1S/C11H20ClN3/c1-10(2)8-11(12)9-13-5-7-15-6-3-4-14-15/h3-4,6,10-11,13H,5,7-9H2,1-2H3. The highest BCUT2D eigenvalue weighted by Crippen LogP contribution is 2.09. The Morgan fingerprint density at radius 2 is 2.27 bits per heavy atom. The topological polar surface area (TPSA) is 29.9 Å². The van der Waals surface area contributed by atoms with E-state index in [0.717, 1.165) is 26.1 Å². The molecule has 1 N–H and O–H groups in total. The Hall–Kier alpha value is -0.540. The highest BCUT2D eigenvalue weighted by molar-refractivity contribution is 6.20. The molecule has 0 aromatic carbocycles. The second-order valence-corrected chi connectivity index (χ2v) is 4.82. The summed E-state index contributed by atoms with van der Waals surface area (Å²) in [6, 6.07) is 1.93. The molecule has 1 aromatic rings. The zero-order chi connectivity index (χ0) is 11.1. The van der Waals surface area contributed by atoms with E-state index in [-0.39, 0.29) is 5.38 Å². The first-order valence-corrected chi connectivity index (χ1v) is 5.94. The van der Waals surface area contributed by atoms with Crippen LogP contribution in [0.1, 0.15) is 20.3 Å². The minimum atomic E-state index is 0.239. The van der Waals surface area contributed by atoms with Gasteiger partial charge in [-0.25, -0.2) is 0 Å². The monoisotopic (exact) mass is 229 g/mol. The van der Waals surface area contributed by atoms with Gasteiger partial charge in [-0.1, -0.05) is 13.8 Å². The lowest BCUT2D eigenvalue weighted by molar-refractivity contribution is 0.509. The normalized spacial score (nSPS) is 13.3. The van der Waals surface area contributed by atoms with E-state index in [0.29, 0.717) is 5.92 Å². The van der Waals surface area contributed by atoms with Crippen molar-refractivity contribution in [3.63, 3.8) is 0 Å². The largest absolute Gasteiger partial charge is 0.313 e. The molecule has 86 valence electrons. The third kappa shape index (κ3) is 5.80. The summed E-state index contributed by atoms with van der Waals surface area (Å²) >= 11 is 6.15. The second-order valence-electron chi connectivity index (χ2n) is 4.20. The van der Waals surface area contributed by atoms with Crippen LogP contribution in [0.2, 0.25) is 0 Å². The number of rotatable bonds is 7. The van der Waals surface area contributed by atoms with Gasteiger partial charge in [-0.05, 0) is 18.4 Å². The molecule has 0 fully saturated rings. The zero-order valence-electron chi connectivity index (χ0n) is 9.49. The minimum Gasteiger partial charge on any atom is -0.313 e. The molecule has 0 spiro atoms. The Balaban J connectivity index is 2.01. The van der Waals surface area contributed by atoms with E-state index in [2.05, 4.69) is 24.3 Å². The summed E-state index contributed by atoms with van der Waals surface area (Å²) in [7, 11) is 0. The van der Waals surface area contributed by atoms with Crippen LogP contribution in [0.3, 0.4) is 0 Å². The van der Waals surface area contributed by atoms with Crippen molar-refractivity contribution in [2.45, 2.75) is 32.2 Å². The van der Waals surface area contributed by atoms with Crippen LogP contribution in [0.25, 0.3) is 0 Å². The van der Waals surface area contributed by atoms with Crippen LogP contribution in [0, 0.1) is 5.92 Å². The lowest BCUT2D eigenvalue weighted by atomic mass is 10.1. The highest BCUT2D eigenvalue weighted by atomic mass is 35.5. The number of halogens is 1. The van der Waals surface area contributed by atoms with Crippen LogP contribution in [0.15, 0.2) is 18.5 Å². The summed E-state index contributed by atoms with van der Waals surface area (Å²) in [4.78, 5) is 0. The Kier molecular flexibility index (Phi) is 5.73. The first kappa shape index (κ1) is 12.5. The Bertz CT molecular complexity index is 246. The number of nitrogens with one attached hydrogen (secondary N) is 1. The molecule has 0 aliphatic rings. The van der Waals surface area contributed by atoms with Gasteiger partial charge < -0.3 is 5.32 Å². The van der Waals surface area contributed by atoms with E-state index in [4.69, 9.17) is 11.6 Å². The van der Waals surface area contributed by atoms with E-state index < -0.39 is 0 Å². The van der Waals surface area contributed by atoms with Gasteiger partial charge in [-0.3, -0.25) is 4.68 Å². The molecule has 1 rings (SSSR count). The van der Waals surface area contributed by atoms with Crippen LogP contribution in [-0.2, 0) is 6.54 Å². The van der Waals surface area contributed by atoms with Gasteiger partial charge in [0.15, 0.2) is 0 Å². The van der Waals surface area contributed by atoms with Gasteiger partial charge in [0.1, 0.15) is 0 Å². The summed E-state index contributed by atoms with van der Waals surface area (Å²) in [6.45, 7) is 7.08. The number of alkyl halides is 1. The Morgan fingerprint density at radius 3 is 2.87 bits per heavy atom. The molecule has 0 aliphatic carbocycles. The third-order valence-corrected chi connectivity index (χ3v) is 2.50. The number of aromatic nitrogens is 2. The van der Waals surface area contributed by atoms with Crippen molar-refractivity contribution in [3.05, 3.63) is 18.5 Å². The zero-order valence-corrected chi connectivity index (χ0v) is 10.2. The molecule has 4 heteroatoms. The maximum Gasteiger partial charge on any atom is 0.0533 e. The van der Waals surface area contributed by atoms with Gasteiger partial charge in [-0.2, -0.15) is 5.10 Å². The quantitative estimate of drug-likeness (QED) is 0.574. The van der Waals surface area contributed by atoms with Crippen LogP contribution in [-0.4, -0.2) is 28.2 Å². The summed E-state index contributed by atoms with van der Waals surface area (Å²) in [5.74, 6) is 0.667. The van der Waals surface area contributed by atoms with Crippen molar-refractivity contribution in [1.29, 1.82) is 0 Å². The van der Waals surface area contributed by atoms with E-state index in [1.807, 2.05) is 16.9 Å². The lowest BCUT2D eigenvalue weighted by Gasteiger charge is -2.12. The number of hydrogen-bond donors (Lipinski definition) is 1. The van der Waals surface area contributed by atoms with Gasteiger partial charge in [0.25, 0.3) is 0 Å². The van der Waals surface area contributed by atoms with Gasteiger partial charge in [0, 0.05) is 30.9 Å². The lowest BCUT2D eigenvalue weighted by Crippen LogP contribution is -2.27. The number of nitrogens with zero attached hydrogens (tertiary/aromatic N) is 2. The Morgan fingerprint density at radius 1 is 1.47 bits per heavy atom. The predicted molar refractivity (Wildman–Crippen MR) is 64.2 cm³/mol. The molecule has 0 amide bonds. The molecule has 3 nitrogen and oxygen atoms in total. The smallest absolute Gasteiger partial charge is 0.0533 e. The fraction of sp³-hybridized carbons (Fsp3) is 0.727. The average Bonchev–Trinajstić information content (AvgIpc) is 2.63. The molecule has 0 aliphatic heterocycles. The maximum absolute atomic E-state index is 6.15. The van der Waals surface area contributed by atoms with Crippen molar-refractivity contribution >= 4 is 11.6 Å². The van der Waals surface area contributed by atoms with Crippen LogP contribution >= 0.6 is 11.6 Å². The average molecular weight is 230 g/mol. The first-order valence-electron chi connectivity index (χ1n) is 5.50. The molecule has 0 bridgehead atoms. The number of hydrogen-bond acceptors (Lipinski definition) is 2. The van der Waals surface area contributed by atoms with E-state index in [1.54, 1.807) is 6.20 Å². The van der Waals surface area contributed by atoms with Crippen molar-refractivity contribution in [3.8, 4) is 0 Å². The molecule has 0 saturated heterocycles. The maximum atomic E-state index is 6.15. The molecule has 0 radical (unpaired) electrons. The molecule has 1 unspecified atom stereocenters. The van der Waals surface area contributed by atoms with Crippen molar-refractivity contribution in [2.75, 3.05) is 13.1 Å². The molecule has 1 aromatic heterocycles. The van der Waals surface area contributed by atoms with Crippen LogP contribution < -0.4 is 5.32 Å². The molecule has 1 atom stereocenters. The fourth-order valence-corrected chi connectivity index (χ4v) is 1.95. The highest BCUT2D eigenvalue weighted by Gasteiger charge is 2.05. The predicted octanol–water partition coefficient (Wildman–Crippen LogP) is 2.13. The minimum absolute atomic E-state index is 0.239.